The summed E-state index contributed by atoms with van der Waals surface area (Å²) >= 11 is 0. The van der Waals surface area contributed by atoms with E-state index in [2.05, 4.69) is 17.2 Å². The molecule has 0 bridgehead atoms. The van der Waals surface area contributed by atoms with Gasteiger partial charge in [0.25, 0.3) is 5.91 Å². The minimum atomic E-state index is -0.181. The van der Waals surface area contributed by atoms with Gasteiger partial charge in [0.05, 0.1) is 5.52 Å². The number of amides is 1. The average Bonchev–Trinajstić information content (AvgIpc) is 2.55. The highest BCUT2D eigenvalue weighted by Gasteiger charge is 2.20. The molecule has 1 saturated carbocycles. The van der Waals surface area contributed by atoms with Crippen molar-refractivity contribution in [2.24, 2.45) is 0 Å². The zero-order chi connectivity index (χ0) is 15.4. The SMILES string of the molecule is [CH2]CNC(=O)c1cc2ccccc2nc1OC1CCCCC1. The zero-order valence-corrected chi connectivity index (χ0v) is 12.7. The van der Waals surface area contributed by atoms with Crippen LogP contribution >= 0.6 is 0 Å². The number of ether oxygens (including phenoxy) is 1. The molecule has 4 nitrogen and oxygen atoms in total. The molecule has 4 heteroatoms. The van der Waals surface area contributed by atoms with E-state index in [0.29, 0.717) is 18.0 Å². The number of nitrogens with zero attached hydrogens (tertiary/aromatic N) is 1. The first-order valence-corrected chi connectivity index (χ1v) is 7.92. The summed E-state index contributed by atoms with van der Waals surface area (Å²) in [6, 6.07) is 9.62. The minimum Gasteiger partial charge on any atom is -0.474 e. The van der Waals surface area contributed by atoms with Crippen LogP contribution in [0.3, 0.4) is 0 Å². The van der Waals surface area contributed by atoms with E-state index in [1.54, 1.807) is 0 Å². The first-order chi connectivity index (χ1) is 10.8. The van der Waals surface area contributed by atoms with Gasteiger partial charge >= 0.3 is 0 Å². The third-order valence-electron chi connectivity index (χ3n) is 4.05. The molecule has 1 aliphatic rings. The maximum absolute atomic E-state index is 12.3. The highest BCUT2D eigenvalue weighted by atomic mass is 16.5. The molecule has 0 aliphatic heterocycles. The van der Waals surface area contributed by atoms with Crippen LogP contribution in [-0.4, -0.2) is 23.5 Å². The maximum atomic E-state index is 12.3. The van der Waals surface area contributed by atoms with E-state index in [4.69, 9.17) is 4.74 Å². The normalized spacial score (nSPS) is 15.7. The summed E-state index contributed by atoms with van der Waals surface area (Å²) in [5, 5.41) is 3.67. The average molecular weight is 297 g/mol. The number of carbonyl (C=O) groups excluding carboxylic acids is 1. The Labute approximate surface area is 130 Å². The fraction of sp³-hybridized carbons (Fsp3) is 0.389. The standard InChI is InChI=1S/C18H21N2O2/c1-2-19-17(21)15-12-13-8-6-7-11-16(13)20-18(15)22-14-9-4-3-5-10-14/h6-8,11-12,14H,1-5,9-10H2,(H,19,21). The largest absolute Gasteiger partial charge is 0.474 e. The summed E-state index contributed by atoms with van der Waals surface area (Å²) in [5.41, 5.74) is 1.34. The number of carbonyl (C=O) groups is 1. The van der Waals surface area contributed by atoms with Crippen LogP contribution in [0, 0.1) is 6.92 Å². The Morgan fingerprint density at radius 2 is 2.05 bits per heavy atom. The Balaban J connectivity index is 1.96. The van der Waals surface area contributed by atoms with Crippen molar-refractivity contribution < 1.29 is 9.53 Å². The van der Waals surface area contributed by atoms with E-state index >= 15 is 0 Å². The lowest BCUT2D eigenvalue weighted by Crippen LogP contribution is -2.26. The van der Waals surface area contributed by atoms with Crippen LogP contribution in [0.25, 0.3) is 10.9 Å². The van der Waals surface area contributed by atoms with Gasteiger partial charge in [-0.3, -0.25) is 4.79 Å². The van der Waals surface area contributed by atoms with Gasteiger partial charge in [-0.15, -0.1) is 0 Å². The van der Waals surface area contributed by atoms with E-state index in [-0.39, 0.29) is 12.0 Å². The fourth-order valence-corrected chi connectivity index (χ4v) is 2.90. The van der Waals surface area contributed by atoms with Gasteiger partial charge in [0.2, 0.25) is 5.88 Å². The lowest BCUT2D eigenvalue weighted by Gasteiger charge is -2.23. The van der Waals surface area contributed by atoms with Crippen molar-refractivity contribution in [2.75, 3.05) is 6.54 Å². The van der Waals surface area contributed by atoms with Crippen molar-refractivity contribution >= 4 is 16.8 Å². The summed E-state index contributed by atoms with van der Waals surface area (Å²) in [5.74, 6) is 0.260. The second-order valence-electron chi connectivity index (χ2n) is 5.67. The summed E-state index contributed by atoms with van der Waals surface area (Å²) < 4.78 is 6.07. The quantitative estimate of drug-likeness (QED) is 0.939. The molecule has 0 unspecified atom stereocenters. The van der Waals surface area contributed by atoms with Gasteiger partial charge in [0.1, 0.15) is 11.7 Å². The first kappa shape index (κ1) is 14.8. The number of hydrogen-bond acceptors (Lipinski definition) is 3. The van der Waals surface area contributed by atoms with Gasteiger partial charge < -0.3 is 10.1 Å². The van der Waals surface area contributed by atoms with Crippen molar-refractivity contribution in [3.63, 3.8) is 0 Å². The number of benzene rings is 1. The Morgan fingerprint density at radius 3 is 2.82 bits per heavy atom. The number of rotatable bonds is 4. The third-order valence-corrected chi connectivity index (χ3v) is 4.05. The number of pyridine rings is 1. The molecule has 3 rings (SSSR count). The maximum Gasteiger partial charge on any atom is 0.256 e. The van der Waals surface area contributed by atoms with Gasteiger partial charge in [-0.05, 0) is 44.7 Å². The van der Waals surface area contributed by atoms with Crippen LogP contribution in [0.4, 0.5) is 0 Å². The molecule has 1 radical (unpaired) electrons. The van der Waals surface area contributed by atoms with Crippen LogP contribution in [0.1, 0.15) is 42.5 Å². The van der Waals surface area contributed by atoms with E-state index in [9.17, 15) is 4.79 Å². The highest BCUT2D eigenvalue weighted by Crippen LogP contribution is 2.27. The number of fused-ring (bicyclic) bond motifs is 1. The van der Waals surface area contributed by atoms with E-state index in [1.807, 2.05) is 30.3 Å². The van der Waals surface area contributed by atoms with Crippen molar-refractivity contribution in [2.45, 2.75) is 38.2 Å². The first-order valence-electron chi connectivity index (χ1n) is 7.92. The Morgan fingerprint density at radius 1 is 1.27 bits per heavy atom. The molecule has 1 heterocycles. The third kappa shape index (κ3) is 3.21. The predicted octanol–water partition coefficient (Wildman–Crippen LogP) is 3.51. The zero-order valence-electron chi connectivity index (χ0n) is 12.7. The monoisotopic (exact) mass is 297 g/mol. The molecule has 0 atom stereocenters. The molecule has 1 aliphatic carbocycles. The highest BCUT2D eigenvalue weighted by molar-refractivity contribution is 5.99. The molecule has 0 saturated heterocycles. The predicted molar refractivity (Wildman–Crippen MR) is 86.9 cm³/mol. The molecule has 1 fully saturated rings. The van der Waals surface area contributed by atoms with Crippen molar-refractivity contribution in [1.82, 2.24) is 10.3 Å². The van der Waals surface area contributed by atoms with E-state index in [0.717, 1.165) is 23.7 Å². The molecule has 22 heavy (non-hydrogen) atoms. The fourth-order valence-electron chi connectivity index (χ4n) is 2.90. The van der Waals surface area contributed by atoms with Crippen LogP contribution in [0.5, 0.6) is 5.88 Å². The molecule has 1 N–H and O–H groups in total. The number of aromatic nitrogens is 1. The number of para-hydroxylation sites is 1. The minimum absolute atomic E-state index is 0.161. The second kappa shape index (κ2) is 6.77. The Kier molecular flexibility index (Phi) is 4.56. The van der Waals surface area contributed by atoms with E-state index < -0.39 is 0 Å². The Hall–Kier alpha value is -2.10. The number of nitrogens with one attached hydrogen (secondary N) is 1. The molecule has 1 aromatic heterocycles. The van der Waals surface area contributed by atoms with Crippen LogP contribution in [0.2, 0.25) is 0 Å². The molecule has 0 spiro atoms. The summed E-state index contributed by atoms with van der Waals surface area (Å²) in [6.07, 6.45) is 5.85. The molecule has 1 amide bonds. The Bertz CT molecular complexity index is 663. The van der Waals surface area contributed by atoms with Crippen molar-refractivity contribution in [3.05, 3.63) is 42.8 Å². The van der Waals surface area contributed by atoms with Gasteiger partial charge in [-0.1, -0.05) is 24.6 Å². The van der Waals surface area contributed by atoms with Gasteiger partial charge in [0, 0.05) is 11.9 Å². The van der Waals surface area contributed by atoms with Gasteiger partial charge in [-0.25, -0.2) is 4.98 Å². The number of hydrogen-bond donors (Lipinski definition) is 1. The second-order valence-corrected chi connectivity index (χ2v) is 5.67. The smallest absolute Gasteiger partial charge is 0.256 e. The summed E-state index contributed by atoms with van der Waals surface area (Å²) in [6.45, 7) is 4.01. The van der Waals surface area contributed by atoms with E-state index in [1.165, 1.54) is 19.3 Å². The molecule has 1 aromatic carbocycles. The van der Waals surface area contributed by atoms with Gasteiger partial charge in [0.15, 0.2) is 0 Å². The summed E-state index contributed by atoms with van der Waals surface area (Å²) in [7, 11) is 0. The van der Waals surface area contributed by atoms with Crippen LogP contribution in [0.15, 0.2) is 30.3 Å². The van der Waals surface area contributed by atoms with Crippen LogP contribution < -0.4 is 10.1 Å². The lowest BCUT2D eigenvalue weighted by atomic mass is 9.98. The molecular formula is C18H21N2O2. The van der Waals surface area contributed by atoms with Gasteiger partial charge in [-0.2, -0.15) is 0 Å². The molecular weight excluding hydrogens is 276 g/mol. The van der Waals surface area contributed by atoms with Crippen molar-refractivity contribution in [3.8, 4) is 5.88 Å². The lowest BCUT2D eigenvalue weighted by molar-refractivity contribution is 0.0943. The topological polar surface area (TPSA) is 51.2 Å². The van der Waals surface area contributed by atoms with Crippen molar-refractivity contribution in [1.29, 1.82) is 0 Å². The molecule has 2 aromatic rings. The summed E-state index contributed by atoms with van der Waals surface area (Å²) in [4.78, 5) is 16.8. The molecule has 115 valence electrons. The van der Waals surface area contributed by atoms with Crippen LogP contribution in [-0.2, 0) is 0 Å².